The number of hydrogen-bond acceptors (Lipinski definition) is 7. The van der Waals surface area contributed by atoms with Gasteiger partial charge in [-0.05, 0) is 24.6 Å². The number of ether oxygens (including phenoxy) is 1. The average molecular weight is 352 g/mol. The molecule has 0 radical (unpaired) electrons. The Kier molecular flexibility index (Phi) is 6.14. The number of aromatic nitrogens is 2. The summed E-state index contributed by atoms with van der Waals surface area (Å²) in [6, 6.07) is 4.94. The average Bonchev–Trinajstić information content (AvgIpc) is 2.55. The lowest BCUT2D eigenvalue weighted by atomic mass is 10.3. The van der Waals surface area contributed by atoms with E-state index in [4.69, 9.17) is 16.3 Å². The van der Waals surface area contributed by atoms with Gasteiger partial charge in [-0.3, -0.25) is 10.1 Å². The number of unbranched alkanes of at least 4 members (excludes halogenated alkanes) is 1. The van der Waals surface area contributed by atoms with Crippen molar-refractivity contribution in [2.45, 2.75) is 19.8 Å². The van der Waals surface area contributed by atoms with Gasteiger partial charge in [0.15, 0.2) is 0 Å². The van der Waals surface area contributed by atoms with Gasteiger partial charge in [0, 0.05) is 11.6 Å². The van der Waals surface area contributed by atoms with E-state index in [1.54, 1.807) is 18.2 Å². The van der Waals surface area contributed by atoms with Gasteiger partial charge < -0.3 is 15.4 Å². The van der Waals surface area contributed by atoms with Crippen molar-refractivity contribution < 1.29 is 9.66 Å². The number of anilines is 3. The number of hydrogen-bond donors (Lipinski definition) is 2. The van der Waals surface area contributed by atoms with Crippen LogP contribution in [-0.2, 0) is 0 Å². The van der Waals surface area contributed by atoms with E-state index in [-0.39, 0.29) is 17.3 Å². The SMILES string of the molecule is CCCCNc1ncnc(Nc2cc(Cl)ccc2OC)c1[N+](=O)[O-]. The summed E-state index contributed by atoms with van der Waals surface area (Å²) < 4.78 is 5.23. The molecule has 0 unspecified atom stereocenters. The highest BCUT2D eigenvalue weighted by Crippen LogP contribution is 2.35. The molecule has 24 heavy (non-hydrogen) atoms. The van der Waals surface area contributed by atoms with Crippen molar-refractivity contribution >= 4 is 34.6 Å². The van der Waals surface area contributed by atoms with E-state index < -0.39 is 4.92 Å². The summed E-state index contributed by atoms with van der Waals surface area (Å²) in [5.74, 6) is 0.731. The molecule has 128 valence electrons. The van der Waals surface area contributed by atoms with Crippen LogP contribution in [0.25, 0.3) is 0 Å². The van der Waals surface area contributed by atoms with Gasteiger partial charge in [0.1, 0.15) is 12.1 Å². The fourth-order valence-electron chi connectivity index (χ4n) is 2.06. The Labute approximate surface area is 144 Å². The van der Waals surface area contributed by atoms with Crippen LogP contribution in [0, 0.1) is 10.1 Å². The zero-order valence-electron chi connectivity index (χ0n) is 13.4. The van der Waals surface area contributed by atoms with E-state index in [9.17, 15) is 10.1 Å². The first-order valence-electron chi connectivity index (χ1n) is 7.40. The molecule has 1 aromatic heterocycles. The van der Waals surface area contributed by atoms with E-state index in [1.165, 1.54) is 13.4 Å². The topological polar surface area (TPSA) is 102 Å². The molecule has 2 aromatic rings. The van der Waals surface area contributed by atoms with Crippen LogP contribution in [0.1, 0.15) is 19.8 Å². The molecule has 1 heterocycles. The number of nitrogens with zero attached hydrogens (tertiary/aromatic N) is 3. The summed E-state index contributed by atoms with van der Waals surface area (Å²) >= 11 is 5.98. The molecule has 0 atom stereocenters. The number of rotatable bonds is 8. The van der Waals surface area contributed by atoms with Crippen LogP contribution in [0.15, 0.2) is 24.5 Å². The number of nitrogens with one attached hydrogen (secondary N) is 2. The van der Waals surface area contributed by atoms with Crippen LogP contribution in [0.2, 0.25) is 5.02 Å². The van der Waals surface area contributed by atoms with Crippen LogP contribution >= 0.6 is 11.6 Å². The van der Waals surface area contributed by atoms with Crippen LogP contribution < -0.4 is 15.4 Å². The minimum absolute atomic E-state index is 0.0644. The summed E-state index contributed by atoms with van der Waals surface area (Å²) in [6.45, 7) is 2.63. The van der Waals surface area contributed by atoms with E-state index >= 15 is 0 Å². The van der Waals surface area contributed by atoms with Gasteiger partial charge in [-0.2, -0.15) is 0 Å². The lowest BCUT2D eigenvalue weighted by Gasteiger charge is -2.12. The van der Waals surface area contributed by atoms with Gasteiger partial charge in [0.05, 0.1) is 17.7 Å². The van der Waals surface area contributed by atoms with Gasteiger partial charge >= 0.3 is 5.69 Å². The standard InChI is InChI=1S/C15H18ClN5O3/c1-3-4-7-17-14-13(21(22)23)15(19-9-18-14)20-11-8-10(16)5-6-12(11)24-2/h5-6,8-9H,3-4,7H2,1-2H3,(H2,17,18,19,20). The summed E-state index contributed by atoms with van der Waals surface area (Å²) in [7, 11) is 1.50. The smallest absolute Gasteiger partial charge is 0.353 e. The molecule has 0 amide bonds. The molecule has 2 N–H and O–H groups in total. The maximum Gasteiger partial charge on any atom is 0.353 e. The highest BCUT2D eigenvalue weighted by atomic mass is 35.5. The van der Waals surface area contributed by atoms with Crippen molar-refractivity contribution in [2.75, 3.05) is 24.3 Å². The molecule has 0 fully saturated rings. The van der Waals surface area contributed by atoms with E-state index in [0.29, 0.717) is 23.0 Å². The third kappa shape index (κ3) is 4.23. The number of benzene rings is 1. The maximum absolute atomic E-state index is 11.5. The third-order valence-corrected chi connectivity index (χ3v) is 3.48. The Morgan fingerprint density at radius 3 is 2.75 bits per heavy atom. The zero-order valence-corrected chi connectivity index (χ0v) is 14.1. The normalized spacial score (nSPS) is 10.3. The molecular formula is C15H18ClN5O3. The van der Waals surface area contributed by atoms with E-state index in [2.05, 4.69) is 20.6 Å². The summed E-state index contributed by atoms with van der Waals surface area (Å²) in [5.41, 5.74) is 0.252. The van der Waals surface area contributed by atoms with Gasteiger partial charge in [-0.15, -0.1) is 0 Å². The van der Waals surface area contributed by atoms with Crippen LogP contribution in [0.5, 0.6) is 5.75 Å². The van der Waals surface area contributed by atoms with Gasteiger partial charge in [0.25, 0.3) is 0 Å². The lowest BCUT2D eigenvalue weighted by Crippen LogP contribution is -2.09. The van der Waals surface area contributed by atoms with Gasteiger partial charge in [-0.1, -0.05) is 24.9 Å². The monoisotopic (exact) mass is 351 g/mol. The van der Waals surface area contributed by atoms with Crippen molar-refractivity contribution in [3.05, 3.63) is 39.7 Å². The predicted octanol–water partition coefficient (Wildman–Crippen LogP) is 4.00. The second-order valence-electron chi connectivity index (χ2n) is 4.93. The van der Waals surface area contributed by atoms with Crippen LogP contribution in [0.3, 0.4) is 0 Å². The molecule has 0 saturated heterocycles. The molecule has 0 bridgehead atoms. The number of nitro groups is 1. The minimum atomic E-state index is -0.520. The first kappa shape index (κ1) is 17.7. The second-order valence-corrected chi connectivity index (χ2v) is 5.36. The molecule has 0 aliphatic rings. The molecule has 0 aliphatic heterocycles. The Morgan fingerprint density at radius 2 is 2.08 bits per heavy atom. The Balaban J connectivity index is 2.38. The molecule has 8 nitrogen and oxygen atoms in total. The molecular weight excluding hydrogens is 334 g/mol. The largest absolute Gasteiger partial charge is 0.495 e. The predicted molar refractivity (Wildman–Crippen MR) is 93.4 cm³/mol. The molecule has 1 aromatic carbocycles. The lowest BCUT2D eigenvalue weighted by molar-refractivity contribution is -0.383. The minimum Gasteiger partial charge on any atom is -0.495 e. The fraction of sp³-hybridized carbons (Fsp3) is 0.333. The van der Waals surface area contributed by atoms with Crippen molar-refractivity contribution in [3.8, 4) is 5.75 Å². The van der Waals surface area contributed by atoms with Crippen molar-refractivity contribution in [1.82, 2.24) is 9.97 Å². The highest BCUT2D eigenvalue weighted by Gasteiger charge is 2.23. The molecule has 9 heteroatoms. The first-order valence-corrected chi connectivity index (χ1v) is 7.78. The highest BCUT2D eigenvalue weighted by molar-refractivity contribution is 6.31. The van der Waals surface area contributed by atoms with Crippen LogP contribution in [-0.4, -0.2) is 28.5 Å². The molecule has 2 rings (SSSR count). The van der Waals surface area contributed by atoms with Crippen LogP contribution in [0.4, 0.5) is 23.0 Å². The molecule has 0 spiro atoms. The molecule has 0 saturated carbocycles. The van der Waals surface area contributed by atoms with E-state index in [1.807, 2.05) is 6.92 Å². The van der Waals surface area contributed by atoms with Gasteiger partial charge in [-0.25, -0.2) is 9.97 Å². The summed E-state index contributed by atoms with van der Waals surface area (Å²) in [6.07, 6.45) is 3.11. The quantitative estimate of drug-likeness (QED) is 0.421. The fourth-order valence-corrected chi connectivity index (χ4v) is 2.23. The Bertz CT molecular complexity index is 726. The zero-order chi connectivity index (χ0) is 17.5. The summed E-state index contributed by atoms with van der Waals surface area (Å²) in [4.78, 5) is 18.9. The van der Waals surface area contributed by atoms with Crippen molar-refractivity contribution in [1.29, 1.82) is 0 Å². The third-order valence-electron chi connectivity index (χ3n) is 3.24. The van der Waals surface area contributed by atoms with Crippen molar-refractivity contribution in [2.24, 2.45) is 0 Å². The maximum atomic E-state index is 11.5. The van der Waals surface area contributed by atoms with Gasteiger partial charge in [0.2, 0.25) is 11.6 Å². The number of halogens is 1. The Hall–Kier alpha value is -2.61. The van der Waals surface area contributed by atoms with E-state index in [0.717, 1.165) is 12.8 Å². The molecule has 0 aliphatic carbocycles. The Morgan fingerprint density at radius 1 is 1.33 bits per heavy atom. The summed E-state index contributed by atoms with van der Waals surface area (Å²) in [5, 5.41) is 17.8. The second kappa shape index (κ2) is 8.30. The first-order chi connectivity index (χ1) is 11.6. The van der Waals surface area contributed by atoms with Crippen molar-refractivity contribution in [3.63, 3.8) is 0 Å². The number of methoxy groups -OCH3 is 1.